The van der Waals surface area contributed by atoms with E-state index >= 15 is 0 Å². The Kier molecular flexibility index (Phi) is 6.41. The second kappa shape index (κ2) is 9.21. The van der Waals surface area contributed by atoms with Crippen LogP contribution in [0.1, 0.15) is 22.7 Å². The van der Waals surface area contributed by atoms with Gasteiger partial charge in [-0.25, -0.2) is 0 Å². The first-order valence-electron chi connectivity index (χ1n) is 10.1. The molecule has 2 aromatic carbocycles. The van der Waals surface area contributed by atoms with Crippen LogP contribution in [0.3, 0.4) is 0 Å². The molecule has 4 rings (SSSR count). The number of alkyl halides is 3. The SMILES string of the molecule is O=C1C=C(CN2CCO[C@H](OCc3cccc(C(F)(F)F)c3)[C@@H]2c2ccccc2)CN1. The quantitative estimate of drug-likeness (QED) is 0.757. The Morgan fingerprint density at radius 2 is 1.94 bits per heavy atom. The van der Waals surface area contributed by atoms with Crippen molar-refractivity contribution in [1.29, 1.82) is 0 Å². The van der Waals surface area contributed by atoms with E-state index in [0.717, 1.165) is 23.3 Å². The van der Waals surface area contributed by atoms with Crippen LogP contribution in [0.15, 0.2) is 66.2 Å². The van der Waals surface area contributed by atoms with Crippen LogP contribution in [0.25, 0.3) is 0 Å². The smallest absolute Gasteiger partial charge is 0.349 e. The van der Waals surface area contributed by atoms with Crippen LogP contribution in [0, 0.1) is 0 Å². The van der Waals surface area contributed by atoms with Crippen molar-refractivity contribution >= 4 is 5.91 Å². The van der Waals surface area contributed by atoms with E-state index in [1.165, 1.54) is 6.07 Å². The van der Waals surface area contributed by atoms with Gasteiger partial charge in [-0.2, -0.15) is 13.2 Å². The molecule has 0 aromatic heterocycles. The van der Waals surface area contributed by atoms with Gasteiger partial charge in [0.2, 0.25) is 5.91 Å². The molecule has 1 N–H and O–H groups in total. The van der Waals surface area contributed by atoms with Crippen LogP contribution in [-0.4, -0.2) is 43.3 Å². The van der Waals surface area contributed by atoms with Crippen molar-refractivity contribution < 1.29 is 27.4 Å². The molecule has 2 aliphatic rings. The Balaban J connectivity index is 1.52. The molecule has 0 aliphatic carbocycles. The second-order valence-electron chi connectivity index (χ2n) is 7.59. The summed E-state index contributed by atoms with van der Waals surface area (Å²) in [5.74, 6) is -0.100. The third kappa shape index (κ3) is 5.33. The standard InChI is InChI=1S/C23H23F3N2O3/c24-23(25,26)19-8-4-5-16(11-19)15-31-22-21(18-6-2-1-3-7-18)28(9-10-30-22)14-17-12-20(29)27-13-17/h1-8,11-12,21-22H,9-10,13-15H2,(H,27,29)/t21-,22+/m0/s1. The molecular formula is C23H23F3N2O3. The highest BCUT2D eigenvalue weighted by Crippen LogP contribution is 2.33. The normalized spacial score (nSPS) is 22.3. The summed E-state index contributed by atoms with van der Waals surface area (Å²) < 4.78 is 50.9. The average molecular weight is 432 g/mol. The first kappa shape index (κ1) is 21.5. The Bertz CT molecular complexity index is 947. The minimum absolute atomic E-state index is 0.00546. The van der Waals surface area contributed by atoms with Crippen LogP contribution in [0.5, 0.6) is 0 Å². The Hall–Kier alpha value is -2.68. The number of morpholine rings is 1. The van der Waals surface area contributed by atoms with Gasteiger partial charge < -0.3 is 14.8 Å². The van der Waals surface area contributed by atoms with E-state index in [2.05, 4.69) is 10.2 Å². The molecule has 2 heterocycles. The maximum absolute atomic E-state index is 13.0. The van der Waals surface area contributed by atoms with E-state index in [0.29, 0.717) is 31.8 Å². The zero-order valence-electron chi connectivity index (χ0n) is 16.8. The number of benzene rings is 2. The molecule has 5 nitrogen and oxygen atoms in total. The van der Waals surface area contributed by atoms with Crippen molar-refractivity contribution in [3.8, 4) is 0 Å². The number of nitrogens with zero attached hydrogens (tertiary/aromatic N) is 1. The summed E-state index contributed by atoms with van der Waals surface area (Å²) >= 11 is 0. The molecule has 164 valence electrons. The number of ether oxygens (including phenoxy) is 2. The van der Waals surface area contributed by atoms with Crippen LogP contribution in [0.4, 0.5) is 13.2 Å². The minimum Gasteiger partial charge on any atom is -0.349 e. The van der Waals surface area contributed by atoms with Gasteiger partial charge in [0.05, 0.1) is 24.8 Å². The van der Waals surface area contributed by atoms with Gasteiger partial charge in [0.1, 0.15) is 0 Å². The average Bonchev–Trinajstić information content (AvgIpc) is 3.17. The third-order valence-corrected chi connectivity index (χ3v) is 5.35. The van der Waals surface area contributed by atoms with Crippen molar-refractivity contribution in [2.45, 2.75) is 25.1 Å². The lowest BCUT2D eigenvalue weighted by molar-refractivity contribution is -0.215. The van der Waals surface area contributed by atoms with E-state index in [4.69, 9.17) is 9.47 Å². The van der Waals surface area contributed by atoms with E-state index in [9.17, 15) is 18.0 Å². The summed E-state index contributed by atoms with van der Waals surface area (Å²) in [5.41, 5.74) is 1.68. The first-order chi connectivity index (χ1) is 14.9. The molecule has 0 saturated carbocycles. The molecular weight excluding hydrogens is 409 g/mol. The fourth-order valence-corrected chi connectivity index (χ4v) is 3.89. The second-order valence-corrected chi connectivity index (χ2v) is 7.59. The maximum Gasteiger partial charge on any atom is 0.416 e. The summed E-state index contributed by atoms with van der Waals surface area (Å²) in [6.07, 6.45) is -3.45. The Morgan fingerprint density at radius 1 is 1.13 bits per heavy atom. The molecule has 8 heteroatoms. The number of halogens is 3. The predicted octanol–water partition coefficient (Wildman–Crippen LogP) is 3.68. The fourth-order valence-electron chi connectivity index (χ4n) is 3.89. The lowest BCUT2D eigenvalue weighted by atomic mass is 10.0. The van der Waals surface area contributed by atoms with Gasteiger partial charge in [-0.15, -0.1) is 0 Å². The molecule has 2 atom stereocenters. The third-order valence-electron chi connectivity index (χ3n) is 5.35. The molecule has 1 fully saturated rings. The van der Waals surface area contributed by atoms with E-state index in [-0.39, 0.29) is 18.6 Å². The van der Waals surface area contributed by atoms with Gasteiger partial charge in [0.15, 0.2) is 6.29 Å². The number of hydrogen-bond donors (Lipinski definition) is 1. The molecule has 1 amide bonds. The minimum atomic E-state index is -4.40. The number of nitrogens with one attached hydrogen (secondary N) is 1. The molecule has 0 spiro atoms. The zero-order chi connectivity index (χ0) is 21.8. The summed E-state index contributed by atoms with van der Waals surface area (Å²) in [6.45, 7) is 2.15. The zero-order valence-corrected chi connectivity index (χ0v) is 16.8. The Labute approximate surface area is 178 Å². The lowest BCUT2D eigenvalue weighted by Crippen LogP contribution is -2.47. The number of carbonyl (C=O) groups is 1. The fraction of sp³-hybridized carbons (Fsp3) is 0.348. The number of rotatable bonds is 6. The molecule has 2 aromatic rings. The van der Waals surface area contributed by atoms with Gasteiger partial charge in [-0.1, -0.05) is 42.5 Å². The predicted molar refractivity (Wildman–Crippen MR) is 108 cm³/mol. The summed E-state index contributed by atoms with van der Waals surface area (Å²) in [7, 11) is 0. The number of amides is 1. The molecule has 0 bridgehead atoms. The maximum atomic E-state index is 13.0. The molecule has 2 aliphatic heterocycles. The van der Waals surface area contributed by atoms with Gasteiger partial charge in [0, 0.05) is 25.7 Å². The summed E-state index contributed by atoms with van der Waals surface area (Å²) in [6, 6.07) is 14.6. The first-order valence-corrected chi connectivity index (χ1v) is 10.1. The van der Waals surface area contributed by atoms with Crippen molar-refractivity contribution in [2.24, 2.45) is 0 Å². The summed E-state index contributed by atoms with van der Waals surface area (Å²) in [4.78, 5) is 13.7. The molecule has 0 radical (unpaired) electrons. The molecule has 1 saturated heterocycles. The highest BCUT2D eigenvalue weighted by Gasteiger charge is 2.35. The van der Waals surface area contributed by atoms with E-state index in [1.54, 1.807) is 12.1 Å². The van der Waals surface area contributed by atoms with Gasteiger partial charge >= 0.3 is 6.18 Å². The van der Waals surface area contributed by atoms with Crippen molar-refractivity contribution in [1.82, 2.24) is 10.2 Å². The van der Waals surface area contributed by atoms with Crippen molar-refractivity contribution in [3.63, 3.8) is 0 Å². The number of hydrogen-bond acceptors (Lipinski definition) is 4. The molecule has 0 unspecified atom stereocenters. The highest BCUT2D eigenvalue weighted by atomic mass is 19.4. The van der Waals surface area contributed by atoms with Gasteiger partial charge in [-0.05, 0) is 28.8 Å². The van der Waals surface area contributed by atoms with Crippen molar-refractivity contribution in [2.75, 3.05) is 26.2 Å². The topological polar surface area (TPSA) is 50.8 Å². The van der Waals surface area contributed by atoms with Gasteiger partial charge in [0.25, 0.3) is 0 Å². The highest BCUT2D eigenvalue weighted by molar-refractivity contribution is 5.91. The van der Waals surface area contributed by atoms with Gasteiger partial charge in [-0.3, -0.25) is 9.69 Å². The van der Waals surface area contributed by atoms with Crippen LogP contribution >= 0.6 is 0 Å². The van der Waals surface area contributed by atoms with Crippen LogP contribution in [-0.2, 0) is 27.1 Å². The number of carbonyl (C=O) groups excluding carboxylic acids is 1. The Morgan fingerprint density at radius 3 is 2.65 bits per heavy atom. The lowest BCUT2D eigenvalue weighted by Gasteiger charge is -2.41. The van der Waals surface area contributed by atoms with Crippen LogP contribution < -0.4 is 5.32 Å². The monoisotopic (exact) mass is 432 g/mol. The van der Waals surface area contributed by atoms with E-state index < -0.39 is 18.0 Å². The van der Waals surface area contributed by atoms with Crippen molar-refractivity contribution in [3.05, 3.63) is 82.9 Å². The molecule has 31 heavy (non-hydrogen) atoms. The van der Waals surface area contributed by atoms with E-state index in [1.807, 2.05) is 30.3 Å². The van der Waals surface area contributed by atoms with Crippen LogP contribution in [0.2, 0.25) is 0 Å². The largest absolute Gasteiger partial charge is 0.416 e. The summed E-state index contributed by atoms with van der Waals surface area (Å²) in [5, 5.41) is 2.78.